The standard InChI is InChI=1S/C20H25N3O2/c1-4-7-19(24)20(25)22-16-9-6-11-18-15(16)12-21-23(18)17-10-5-8-13(2)14(17)3/h5,8,10,12,16H,4,6-7,9,11H2,1-3H3,(H,22,25)/t16-/m0/s1. The predicted molar refractivity (Wildman–Crippen MR) is 96.8 cm³/mol. The van der Waals surface area contributed by atoms with E-state index < -0.39 is 5.91 Å². The first-order chi connectivity index (χ1) is 12.0. The van der Waals surface area contributed by atoms with Crippen LogP contribution in [0.4, 0.5) is 0 Å². The number of rotatable bonds is 5. The summed E-state index contributed by atoms with van der Waals surface area (Å²) in [5, 5.41) is 7.50. The fourth-order valence-electron chi connectivity index (χ4n) is 3.46. The highest BCUT2D eigenvalue weighted by Gasteiger charge is 2.27. The molecule has 1 aliphatic rings. The Morgan fingerprint density at radius 3 is 2.88 bits per heavy atom. The summed E-state index contributed by atoms with van der Waals surface area (Å²) in [6, 6.07) is 6.08. The number of ketones is 1. The van der Waals surface area contributed by atoms with Crippen LogP contribution >= 0.6 is 0 Å². The number of hydrogen-bond acceptors (Lipinski definition) is 3. The molecule has 0 aliphatic heterocycles. The van der Waals surface area contributed by atoms with Crippen molar-refractivity contribution in [3.8, 4) is 5.69 Å². The Hall–Kier alpha value is -2.43. The molecule has 0 spiro atoms. The molecule has 1 amide bonds. The average Bonchev–Trinajstić information content (AvgIpc) is 3.02. The monoisotopic (exact) mass is 339 g/mol. The number of aromatic nitrogens is 2. The molecule has 1 aromatic carbocycles. The summed E-state index contributed by atoms with van der Waals surface area (Å²) >= 11 is 0. The number of nitrogens with one attached hydrogen (secondary N) is 1. The van der Waals surface area contributed by atoms with Crippen molar-refractivity contribution in [3.63, 3.8) is 0 Å². The second-order valence-corrected chi connectivity index (χ2v) is 6.77. The molecule has 25 heavy (non-hydrogen) atoms. The minimum Gasteiger partial charge on any atom is -0.343 e. The van der Waals surface area contributed by atoms with Crippen LogP contribution in [0.15, 0.2) is 24.4 Å². The van der Waals surface area contributed by atoms with E-state index in [1.165, 1.54) is 11.1 Å². The molecule has 0 radical (unpaired) electrons. The van der Waals surface area contributed by atoms with E-state index in [1.807, 2.05) is 23.9 Å². The first-order valence-corrected chi connectivity index (χ1v) is 9.00. The molecule has 0 fully saturated rings. The van der Waals surface area contributed by atoms with Gasteiger partial charge in [-0.3, -0.25) is 9.59 Å². The topological polar surface area (TPSA) is 64.0 Å². The maximum absolute atomic E-state index is 12.1. The van der Waals surface area contributed by atoms with Crippen LogP contribution in [0.5, 0.6) is 0 Å². The average molecular weight is 339 g/mol. The van der Waals surface area contributed by atoms with Gasteiger partial charge in [-0.25, -0.2) is 4.68 Å². The summed E-state index contributed by atoms with van der Waals surface area (Å²) in [5.74, 6) is -0.810. The van der Waals surface area contributed by atoms with Gasteiger partial charge in [-0.15, -0.1) is 0 Å². The third-order valence-electron chi connectivity index (χ3n) is 5.02. The van der Waals surface area contributed by atoms with Crippen LogP contribution in [0.1, 0.15) is 61.0 Å². The highest BCUT2D eigenvalue weighted by Crippen LogP contribution is 2.32. The zero-order valence-corrected chi connectivity index (χ0v) is 15.1. The molecule has 1 heterocycles. The summed E-state index contributed by atoms with van der Waals surface area (Å²) in [4.78, 5) is 23.9. The van der Waals surface area contributed by atoms with Gasteiger partial charge in [-0.1, -0.05) is 19.1 Å². The van der Waals surface area contributed by atoms with Crippen LogP contribution in [0.3, 0.4) is 0 Å². The van der Waals surface area contributed by atoms with E-state index in [9.17, 15) is 9.59 Å². The number of benzene rings is 1. The van der Waals surface area contributed by atoms with Gasteiger partial charge in [0.05, 0.1) is 17.9 Å². The van der Waals surface area contributed by atoms with Crippen molar-refractivity contribution >= 4 is 11.7 Å². The molecule has 1 atom stereocenters. The van der Waals surface area contributed by atoms with Crippen LogP contribution in [-0.4, -0.2) is 21.5 Å². The Labute approximate surface area is 148 Å². The third kappa shape index (κ3) is 3.36. The zero-order chi connectivity index (χ0) is 18.0. The number of nitrogens with zero attached hydrogens (tertiary/aromatic N) is 2. The van der Waals surface area contributed by atoms with Crippen molar-refractivity contribution in [3.05, 3.63) is 46.8 Å². The predicted octanol–water partition coefficient (Wildman–Crippen LogP) is 3.35. The van der Waals surface area contributed by atoms with Gasteiger partial charge in [0.1, 0.15) is 0 Å². The number of fused-ring (bicyclic) bond motifs is 1. The van der Waals surface area contributed by atoms with E-state index in [2.05, 4.69) is 36.4 Å². The van der Waals surface area contributed by atoms with Gasteiger partial charge in [0, 0.05) is 17.7 Å². The van der Waals surface area contributed by atoms with Gasteiger partial charge in [0.25, 0.3) is 5.91 Å². The number of hydrogen-bond donors (Lipinski definition) is 1. The van der Waals surface area contributed by atoms with Crippen molar-refractivity contribution < 1.29 is 9.59 Å². The summed E-state index contributed by atoms with van der Waals surface area (Å²) < 4.78 is 1.99. The lowest BCUT2D eigenvalue weighted by Crippen LogP contribution is -2.35. The van der Waals surface area contributed by atoms with E-state index in [0.717, 1.165) is 36.2 Å². The number of carbonyl (C=O) groups is 2. The molecule has 5 nitrogen and oxygen atoms in total. The smallest absolute Gasteiger partial charge is 0.287 e. The Morgan fingerprint density at radius 1 is 1.32 bits per heavy atom. The first kappa shape index (κ1) is 17.4. The van der Waals surface area contributed by atoms with Gasteiger partial charge in [0.15, 0.2) is 0 Å². The third-order valence-corrected chi connectivity index (χ3v) is 5.02. The normalized spacial score (nSPS) is 16.4. The van der Waals surface area contributed by atoms with Crippen molar-refractivity contribution in [2.75, 3.05) is 0 Å². The van der Waals surface area contributed by atoms with Crippen molar-refractivity contribution in [1.82, 2.24) is 15.1 Å². The SMILES string of the molecule is CCCC(=O)C(=O)N[C@H]1CCCc2c1cnn2-c1cccc(C)c1C. The summed E-state index contributed by atoms with van der Waals surface area (Å²) in [7, 11) is 0. The van der Waals surface area contributed by atoms with Gasteiger partial charge >= 0.3 is 0 Å². The number of Topliss-reactive ketones (excluding diaryl/α,β-unsaturated/α-hetero) is 1. The number of aryl methyl sites for hydroxylation is 1. The quantitative estimate of drug-likeness (QED) is 0.850. The van der Waals surface area contributed by atoms with Crippen LogP contribution in [0, 0.1) is 13.8 Å². The molecule has 2 aromatic rings. The molecule has 1 aliphatic carbocycles. The summed E-state index contributed by atoms with van der Waals surface area (Å²) in [6.07, 6.45) is 5.57. The zero-order valence-electron chi connectivity index (χ0n) is 15.1. The molecule has 0 saturated carbocycles. The fraction of sp³-hybridized carbons (Fsp3) is 0.450. The Kier molecular flexibility index (Phi) is 5.02. The largest absolute Gasteiger partial charge is 0.343 e. The molecular formula is C20H25N3O2. The fourth-order valence-corrected chi connectivity index (χ4v) is 3.46. The molecule has 0 unspecified atom stereocenters. The van der Waals surface area contributed by atoms with Crippen LogP contribution in [0.2, 0.25) is 0 Å². The van der Waals surface area contributed by atoms with E-state index in [-0.39, 0.29) is 11.8 Å². The van der Waals surface area contributed by atoms with Crippen molar-refractivity contribution in [1.29, 1.82) is 0 Å². The van der Waals surface area contributed by atoms with Gasteiger partial charge in [-0.05, 0) is 56.7 Å². The van der Waals surface area contributed by atoms with E-state index in [4.69, 9.17) is 0 Å². The second kappa shape index (κ2) is 7.21. The minimum atomic E-state index is -0.473. The molecule has 0 saturated heterocycles. The maximum atomic E-state index is 12.1. The van der Waals surface area contributed by atoms with Crippen LogP contribution in [-0.2, 0) is 16.0 Å². The highest BCUT2D eigenvalue weighted by atomic mass is 16.2. The summed E-state index contributed by atoms with van der Waals surface area (Å²) in [6.45, 7) is 6.10. The van der Waals surface area contributed by atoms with Gasteiger partial charge < -0.3 is 5.32 Å². The Balaban J connectivity index is 1.89. The number of carbonyl (C=O) groups excluding carboxylic acids is 2. The Bertz CT molecular complexity index is 807. The van der Waals surface area contributed by atoms with E-state index in [0.29, 0.717) is 12.8 Å². The van der Waals surface area contributed by atoms with Gasteiger partial charge in [0.2, 0.25) is 5.78 Å². The molecule has 1 aromatic heterocycles. The summed E-state index contributed by atoms with van der Waals surface area (Å²) in [5.41, 5.74) is 5.68. The minimum absolute atomic E-state index is 0.129. The first-order valence-electron chi connectivity index (χ1n) is 9.00. The molecular weight excluding hydrogens is 314 g/mol. The van der Waals surface area contributed by atoms with Crippen molar-refractivity contribution in [2.24, 2.45) is 0 Å². The molecule has 132 valence electrons. The molecule has 3 rings (SSSR count). The second-order valence-electron chi connectivity index (χ2n) is 6.77. The molecule has 0 bridgehead atoms. The van der Waals surface area contributed by atoms with Gasteiger partial charge in [-0.2, -0.15) is 5.10 Å². The lowest BCUT2D eigenvalue weighted by atomic mass is 9.92. The highest BCUT2D eigenvalue weighted by molar-refractivity contribution is 6.36. The molecule has 1 N–H and O–H groups in total. The Morgan fingerprint density at radius 2 is 2.12 bits per heavy atom. The van der Waals surface area contributed by atoms with Crippen molar-refractivity contribution in [2.45, 2.75) is 58.9 Å². The van der Waals surface area contributed by atoms with Crippen LogP contribution in [0.25, 0.3) is 5.69 Å². The molecule has 5 heteroatoms. The maximum Gasteiger partial charge on any atom is 0.287 e. The van der Waals surface area contributed by atoms with E-state index in [1.54, 1.807) is 0 Å². The van der Waals surface area contributed by atoms with E-state index >= 15 is 0 Å². The lowest BCUT2D eigenvalue weighted by molar-refractivity contribution is -0.138. The van der Waals surface area contributed by atoms with Crippen LogP contribution < -0.4 is 5.32 Å². The number of amides is 1. The lowest BCUT2D eigenvalue weighted by Gasteiger charge is -2.24.